The topological polar surface area (TPSA) is 161 Å². The molecule has 82 valence electrons. The second-order valence-electron chi connectivity index (χ2n) is 2.36. The van der Waals surface area contributed by atoms with Gasteiger partial charge in [0.15, 0.2) is 6.04 Å². The van der Waals surface area contributed by atoms with Crippen LogP contribution in [0.5, 0.6) is 0 Å². The summed E-state index contributed by atoms with van der Waals surface area (Å²) in [5, 5.41) is 17.1. The van der Waals surface area contributed by atoms with Crippen molar-refractivity contribution in [2.75, 3.05) is 0 Å². The zero-order valence-corrected chi connectivity index (χ0v) is 7.66. The first-order chi connectivity index (χ1) is 6.16. The molecule has 0 bridgehead atoms. The summed E-state index contributed by atoms with van der Waals surface area (Å²) < 4.78 is 10.4. The molecular weight excluding hydrogens is 219 g/mol. The molecule has 0 spiro atoms. The van der Waals surface area contributed by atoms with Gasteiger partial charge in [-0.05, 0) is 0 Å². The Balaban J connectivity index is 4.75. The minimum atomic E-state index is -5.12. The molecule has 0 saturated heterocycles. The maximum Gasteiger partial charge on any atom is 0.426 e. The fourth-order valence-corrected chi connectivity index (χ4v) is 1.18. The van der Waals surface area contributed by atoms with E-state index in [0.717, 1.165) is 0 Å². The highest BCUT2D eigenvalue weighted by Crippen LogP contribution is 2.40. The van der Waals surface area contributed by atoms with E-state index in [2.05, 4.69) is 5.73 Å². The summed E-state index contributed by atoms with van der Waals surface area (Å²) in [5.74, 6) is -2.88. The molecule has 6 N–H and O–H groups in total. The minimum absolute atomic E-state index is 0.708. The normalized spacial score (nSPS) is 14.0. The van der Waals surface area contributed by atoms with E-state index in [-0.39, 0.29) is 0 Å². The maximum absolute atomic E-state index is 10.4. The highest BCUT2D eigenvalue weighted by molar-refractivity contribution is 7.48. The fourth-order valence-electron chi connectivity index (χ4n) is 0.640. The number of carboxylic acids is 1. The van der Waals surface area contributed by atoms with Gasteiger partial charge in [-0.2, -0.15) is 0 Å². The highest BCUT2D eigenvalue weighted by Gasteiger charge is 2.37. The number of carbonyl (C=O) groups is 2. The molecule has 0 fully saturated rings. The van der Waals surface area contributed by atoms with Crippen molar-refractivity contribution in [2.24, 2.45) is 5.73 Å². The number of amides is 1. The van der Waals surface area contributed by atoms with Crippen LogP contribution >= 0.6 is 7.75 Å². The first-order valence-electron chi connectivity index (χ1n) is 3.21. The number of rotatable bonds is 5. The fraction of sp³-hybridized carbons (Fsp3) is 0.500. The Kier molecular flexibility index (Phi) is 4.17. The quantitative estimate of drug-likeness (QED) is 0.269. The number of primary amides is 1. The number of aliphatic carboxylic acids is 1. The monoisotopic (exact) mass is 228 g/mol. The molecule has 10 heteroatoms. The van der Waals surface area contributed by atoms with E-state index in [9.17, 15) is 14.2 Å². The average Bonchev–Trinajstić information content (AvgIpc) is 1.96. The SMILES string of the molecule is NC(=O)C[C@@H](C(=O)O)N(O)P(=O)(O)O. The van der Waals surface area contributed by atoms with Gasteiger partial charge in [-0.3, -0.25) is 9.59 Å². The molecule has 14 heavy (non-hydrogen) atoms. The Hall–Kier alpha value is -0.990. The molecule has 0 aromatic carbocycles. The predicted octanol–water partition coefficient (Wildman–Crippen LogP) is -1.90. The molecule has 0 saturated carbocycles. The van der Waals surface area contributed by atoms with E-state index in [1.54, 1.807) is 0 Å². The van der Waals surface area contributed by atoms with Gasteiger partial charge >= 0.3 is 13.7 Å². The third-order valence-electron chi connectivity index (χ3n) is 1.23. The molecule has 0 rings (SSSR count). The van der Waals surface area contributed by atoms with Crippen LogP contribution in [0.2, 0.25) is 0 Å². The van der Waals surface area contributed by atoms with Gasteiger partial charge < -0.3 is 25.8 Å². The van der Waals surface area contributed by atoms with Crippen LogP contribution in [0, 0.1) is 0 Å². The summed E-state index contributed by atoms with van der Waals surface area (Å²) >= 11 is 0. The largest absolute Gasteiger partial charge is 0.480 e. The van der Waals surface area contributed by atoms with Crippen LogP contribution in [-0.2, 0) is 14.2 Å². The van der Waals surface area contributed by atoms with Gasteiger partial charge in [0, 0.05) is 0 Å². The lowest BCUT2D eigenvalue weighted by molar-refractivity contribution is -0.156. The lowest BCUT2D eigenvalue weighted by atomic mass is 10.2. The second kappa shape index (κ2) is 4.49. The summed E-state index contributed by atoms with van der Waals surface area (Å²) in [4.78, 5) is 36.8. The summed E-state index contributed by atoms with van der Waals surface area (Å²) in [5.41, 5.74) is 4.62. The van der Waals surface area contributed by atoms with Crippen LogP contribution in [0.4, 0.5) is 0 Å². The van der Waals surface area contributed by atoms with Crippen molar-refractivity contribution in [3.63, 3.8) is 0 Å². The van der Waals surface area contributed by atoms with Gasteiger partial charge in [-0.15, -0.1) is 0 Å². The maximum atomic E-state index is 10.4. The molecule has 0 aliphatic rings. The van der Waals surface area contributed by atoms with Crippen molar-refractivity contribution in [3.8, 4) is 0 Å². The Morgan fingerprint density at radius 3 is 2.07 bits per heavy atom. The van der Waals surface area contributed by atoms with Crippen molar-refractivity contribution in [2.45, 2.75) is 12.5 Å². The molecule has 0 heterocycles. The number of hydroxylamine groups is 1. The van der Waals surface area contributed by atoms with Crippen LogP contribution in [-0.4, -0.2) is 42.9 Å². The molecule has 0 aromatic rings. The van der Waals surface area contributed by atoms with Gasteiger partial charge in [0.1, 0.15) is 0 Å². The summed E-state index contributed by atoms with van der Waals surface area (Å²) in [6.07, 6.45) is -0.906. The number of carbonyl (C=O) groups excluding carboxylic acids is 1. The molecule has 0 unspecified atom stereocenters. The smallest absolute Gasteiger partial charge is 0.426 e. The van der Waals surface area contributed by atoms with E-state index >= 15 is 0 Å². The molecule has 0 radical (unpaired) electrons. The standard InChI is InChI=1S/C4H9N2O7P/c5-3(7)1-2(4(8)9)6(10)14(11,12)13/h2,10H,1H2,(H2,5,7)(H,8,9)(H2,11,12,13)/t2-/m0/s1. The molecule has 0 aliphatic heterocycles. The minimum Gasteiger partial charge on any atom is -0.480 e. The third kappa shape index (κ3) is 3.81. The summed E-state index contributed by atoms with van der Waals surface area (Å²) in [6.45, 7) is 0. The van der Waals surface area contributed by atoms with E-state index < -0.39 is 36.9 Å². The van der Waals surface area contributed by atoms with E-state index in [0.29, 0.717) is 0 Å². The van der Waals surface area contributed by atoms with Crippen LogP contribution in [0.1, 0.15) is 6.42 Å². The van der Waals surface area contributed by atoms with Gasteiger partial charge in [-0.25, -0.2) is 4.57 Å². The number of hydrogen-bond donors (Lipinski definition) is 5. The van der Waals surface area contributed by atoms with Crippen LogP contribution in [0.15, 0.2) is 0 Å². The molecular formula is C4H9N2O7P. The van der Waals surface area contributed by atoms with Gasteiger partial charge in [0.05, 0.1) is 6.42 Å². The number of nitrogens with zero attached hydrogens (tertiary/aromatic N) is 1. The molecule has 0 aliphatic carbocycles. The van der Waals surface area contributed by atoms with Gasteiger partial charge in [0.2, 0.25) is 5.91 Å². The zero-order chi connectivity index (χ0) is 11.5. The first-order valence-corrected chi connectivity index (χ1v) is 4.78. The van der Waals surface area contributed by atoms with Crippen molar-refractivity contribution in [1.82, 2.24) is 4.83 Å². The highest BCUT2D eigenvalue weighted by atomic mass is 31.2. The van der Waals surface area contributed by atoms with E-state index in [1.165, 1.54) is 0 Å². The van der Waals surface area contributed by atoms with Crippen molar-refractivity contribution in [1.29, 1.82) is 0 Å². The van der Waals surface area contributed by atoms with Gasteiger partial charge in [-0.1, -0.05) is 4.83 Å². The van der Waals surface area contributed by atoms with Crippen molar-refractivity contribution < 1.29 is 34.3 Å². The van der Waals surface area contributed by atoms with Gasteiger partial charge in [0.25, 0.3) is 0 Å². The zero-order valence-electron chi connectivity index (χ0n) is 6.77. The lowest BCUT2D eigenvalue weighted by Gasteiger charge is -2.21. The number of nitrogens with two attached hydrogens (primary N) is 1. The number of hydrogen-bond acceptors (Lipinski definition) is 4. The third-order valence-corrected chi connectivity index (χ3v) is 2.04. The Morgan fingerprint density at radius 1 is 1.43 bits per heavy atom. The second-order valence-corrected chi connectivity index (χ2v) is 3.79. The van der Waals surface area contributed by atoms with E-state index in [4.69, 9.17) is 20.1 Å². The molecule has 9 nitrogen and oxygen atoms in total. The number of carboxylic acid groups (broad SMARTS) is 1. The molecule has 1 amide bonds. The summed E-state index contributed by atoms with van der Waals surface area (Å²) in [6, 6.07) is -2.06. The van der Waals surface area contributed by atoms with E-state index in [1.807, 2.05) is 0 Å². The Morgan fingerprint density at radius 2 is 1.86 bits per heavy atom. The molecule has 1 atom stereocenters. The first kappa shape index (κ1) is 13.0. The van der Waals surface area contributed by atoms with Crippen LogP contribution in [0.25, 0.3) is 0 Å². The van der Waals surface area contributed by atoms with Crippen molar-refractivity contribution >= 4 is 19.6 Å². The predicted molar refractivity (Wildman–Crippen MR) is 40.9 cm³/mol. The van der Waals surface area contributed by atoms with Crippen LogP contribution < -0.4 is 5.73 Å². The average molecular weight is 228 g/mol. The Bertz CT molecular complexity index is 285. The summed E-state index contributed by atoms with van der Waals surface area (Å²) in [7, 11) is -5.12. The molecule has 0 aromatic heterocycles. The lowest BCUT2D eigenvalue weighted by Crippen LogP contribution is -2.39. The Labute approximate surface area is 77.9 Å². The van der Waals surface area contributed by atoms with Crippen molar-refractivity contribution in [3.05, 3.63) is 0 Å². The van der Waals surface area contributed by atoms with Crippen LogP contribution in [0.3, 0.4) is 0 Å².